The number of nitrogens with zero attached hydrogens (tertiary/aromatic N) is 3. The highest BCUT2D eigenvalue weighted by molar-refractivity contribution is 6.09. The quantitative estimate of drug-likeness (QED) is 0.749. The fourth-order valence-electron chi connectivity index (χ4n) is 4.53. The molecule has 0 unspecified atom stereocenters. The van der Waals surface area contributed by atoms with Crippen LogP contribution in [0.4, 0.5) is 0 Å². The van der Waals surface area contributed by atoms with Crippen LogP contribution in [0.3, 0.4) is 0 Å². The van der Waals surface area contributed by atoms with Gasteiger partial charge in [0.2, 0.25) is 0 Å². The summed E-state index contributed by atoms with van der Waals surface area (Å²) in [6.45, 7) is 4.83. The first kappa shape index (κ1) is 20.5. The van der Waals surface area contributed by atoms with E-state index >= 15 is 0 Å². The summed E-state index contributed by atoms with van der Waals surface area (Å²) in [5.41, 5.74) is 2.89. The van der Waals surface area contributed by atoms with Gasteiger partial charge < -0.3 is 9.64 Å². The molecular formula is C27H27N3O2. The molecule has 1 fully saturated rings. The number of benzene rings is 2. The molecule has 0 amide bonds. The number of hydrogen-bond donors (Lipinski definition) is 0. The van der Waals surface area contributed by atoms with Crippen LogP contribution in [0.15, 0.2) is 90.0 Å². The van der Waals surface area contributed by atoms with Gasteiger partial charge in [0.15, 0.2) is 5.78 Å². The van der Waals surface area contributed by atoms with E-state index in [2.05, 4.69) is 58.3 Å². The first-order chi connectivity index (χ1) is 15.6. The van der Waals surface area contributed by atoms with Crippen LogP contribution < -0.4 is 4.74 Å². The Bertz CT molecular complexity index is 1090. The molecule has 32 heavy (non-hydrogen) atoms. The smallest absolute Gasteiger partial charge is 0.178 e. The summed E-state index contributed by atoms with van der Waals surface area (Å²) >= 11 is 0. The van der Waals surface area contributed by atoms with Crippen molar-refractivity contribution in [3.05, 3.63) is 96.1 Å². The van der Waals surface area contributed by atoms with Crippen molar-refractivity contribution in [3.63, 3.8) is 0 Å². The van der Waals surface area contributed by atoms with Crippen LogP contribution in [-0.4, -0.2) is 60.2 Å². The molecule has 0 N–H and O–H groups in total. The number of rotatable bonds is 4. The standard InChI is InChI=1S/C27H27N3O2/c1-32-24-9-7-22(8-10-24)25-19-26(28-27(25)13-11-23(31)12-14-27)30-17-15-29(16-18-30)20-21-5-3-2-4-6-21/h2-14,19H,15-18,20H2,1H3. The first-order valence-corrected chi connectivity index (χ1v) is 11.1. The molecule has 3 aliphatic rings. The van der Waals surface area contributed by atoms with Crippen molar-refractivity contribution in [2.24, 2.45) is 4.99 Å². The number of hydrogen-bond acceptors (Lipinski definition) is 5. The summed E-state index contributed by atoms with van der Waals surface area (Å²) in [6, 6.07) is 18.7. The molecule has 2 aromatic carbocycles. The summed E-state index contributed by atoms with van der Waals surface area (Å²) < 4.78 is 5.32. The molecule has 0 aromatic heterocycles. The normalized spacial score (nSPS) is 19.9. The van der Waals surface area contributed by atoms with Gasteiger partial charge in [0.25, 0.3) is 0 Å². The molecule has 1 spiro atoms. The zero-order valence-electron chi connectivity index (χ0n) is 18.3. The lowest BCUT2D eigenvalue weighted by molar-refractivity contribution is -0.110. The van der Waals surface area contributed by atoms with Gasteiger partial charge in [0.1, 0.15) is 17.1 Å². The third kappa shape index (κ3) is 4.04. The van der Waals surface area contributed by atoms with Crippen LogP contribution >= 0.6 is 0 Å². The van der Waals surface area contributed by atoms with E-state index in [1.165, 1.54) is 5.56 Å². The van der Waals surface area contributed by atoms with E-state index in [-0.39, 0.29) is 5.78 Å². The average molecular weight is 426 g/mol. The Morgan fingerprint density at radius 3 is 2.28 bits per heavy atom. The average Bonchev–Trinajstić information content (AvgIpc) is 3.21. The second kappa shape index (κ2) is 8.60. The molecule has 2 aromatic rings. The molecule has 162 valence electrons. The fourth-order valence-corrected chi connectivity index (χ4v) is 4.53. The first-order valence-electron chi connectivity index (χ1n) is 11.1. The minimum atomic E-state index is -0.626. The van der Waals surface area contributed by atoms with Gasteiger partial charge in [0, 0.05) is 32.7 Å². The Morgan fingerprint density at radius 1 is 0.938 bits per heavy atom. The maximum absolute atomic E-state index is 11.8. The maximum atomic E-state index is 11.8. The molecule has 1 saturated heterocycles. The van der Waals surface area contributed by atoms with Crippen molar-refractivity contribution in [1.82, 2.24) is 9.80 Å². The number of carbonyl (C=O) groups excluding carboxylic acids is 1. The molecule has 0 saturated carbocycles. The van der Waals surface area contributed by atoms with Gasteiger partial charge in [-0.1, -0.05) is 42.5 Å². The number of ketones is 1. The summed E-state index contributed by atoms with van der Waals surface area (Å²) in [6.07, 6.45) is 9.27. The van der Waals surface area contributed by atoms with E-state index in [0.717, 1.165) is 55.4 Å². The summed E-state index contributed by atoms with van der Waals surface area (Å²) in [7, 11) is 1.67. The van der Waals surface area contributed by atoms with Crippen molar-refractivity contribution in [2.75, 3.05) is 33.3 Å². The number of piperazine rings is 1. The van der Waals surface area contributed by atoms with Crippen LogP contribution in [0, 0.1) is 0 Å². The van der Waals surface area contributed by atoms with Gasteiger partial charge >= 0.3 is 0 Å². The van der Waals surface area contributed by atoms with Crippen LogP contribution in [0.5, 0.6) is 5.75 Å². The van der Waals surface area contributed by atoms with Gasteiger partial charge in [-0.15, -0.1) is 0 Å². The topological polar surface area (TPSA) is 45.1 Å². The van der Waals surface area contributed by atoms with E-state index in [9.17, 15) is 4.79 Å². The number of methoxy groups -OCH3 is 1. The van der Waals surface area contributed by atoms with Gasteiger partial charge in [-0.2, -0.15) is 0 Å². The minimum absolute atomic E-state index is 0.00267. The van der Waals surface area contributed by atoms with E-state index in [0.29, 0.717) is 0 Å². The van der Waals surface area contributed by atoms with Crippen LogP contribution in [0.1, 0.15) is 11.1 Å². The van der Waals surface area contributed by atoms with Crippen LogP contribution in [0.25, 0.3) is 5.57 Å². The zero-order valence-corrected chi connectivity index (χ0v) is 18.3. The Morgan fingerprint density at radius 2 is 1.62 bits per heavy atom. The van der Waals surface area contributed by atoms with E-state index < -0.39 is 5.54 Å². The number of carbonyl (C=O) groups is 1. The number of ether oxygens (including phenoxy) is 1. The predicted molar refractivity (Wildman–Crippen MR) is 128 cm³/mol. The lowest BCUT2D eigenvalue weighted by Gasteiger charge is -2.35. The van der Waals surface area contributed by atoms with Gasteiger partial charge in [-0.05, 0) is 59.2 Å². The molecule has 5 rings (SSSR count). The van der Waals surface area contributed by atoms with Crippen molar-refractivity contribution < 1.29 is 9.53 Å². The van der Waals surface area contributed by atoms with Crippen molar-refractivity contribution in [1.29, 1.82) is 0 Å². The highest BCUT2D eigenvalue weighted by Crippen LogP contribution is 2.40. The lowest BCUT2D eigenvalue weighted by Crippen LogP contribution is -2.47. The third-order valence-corrected chi connectivity index (χ3v) is 6.35. The van der Waals surface area contributed by atoms with Gasteiger partial charge in [-0.25, -0.2) is 4.99 Å². The Hall–Kier alpha value is -3.44. The Balaban J connectivity index is 1.36. The second-order valence-electron chi connectivity index (χ2n) is 8.40. The second-order valence-corrected chi connectivity index (χ2v) is 8.40. The number of amidine groups is 1. The molecule has 0 radical (unpaired) electrons. The molecule has 5 nitrogen and oxygen atoms in total. The van der Waals surface area contributed by atoms with E-state index in [1.54, 1.807) is 19.3 Å². The fraction of sp³-hybridized carbons (Fsp3) is 0.259. The maximum Gasteiger partial charge on any atom is 0.178 e. The summed E-state index contributed by atoms with van der Waals surface area (Å²) in [4.78, 5) is 21.8. The van der Waals surface area contributed by atoms with Crippen LogP contribution in [0.2, 0.25) is 0 Å². The highest BCUT2D eigenvalue weighted by Gasteiger charge is 2.38. The SMILES string of the molecule is COc1ccc(C2=CC(N3CCN(Cc4ccccc4)CC3)=NC23C=CC(=O)C=C3)cc1. The molecule has 5 heteroatoms. The zero-order chi connectivity index (χ0) is 22.0. The van der Waals surface area contributed by atoms with E-state index in [4.69, 9.17) is 9.73 Å². The number of allylic oxidation sites excluding steroid dienone is 2. The molecule has 0 bridgehead atoms. The predicted octanol–water partition coefficient (Wildman–Crippen LogP) is 3.74. The summed E-state index contributed by atoms with van der Waals surface area (Å²) in [5.74, 6) is 1.81. The molecular weight excluding hydrogens is 398 g/mol. The largest absolute Gasteiger partial charge is 0.497 e. The number of aliphatic imine (C=N–C) groups is 1. The van der Waals surface area contributed by atoms with Crippen LogP contribution in [-0.2, 0) is 11.3 Å². The third-order valence-electron chi connectivity index (χ3n) is 6.35. The van der Waals surface area contributed by atoms with Crippen molar-refractivity contribution in [3.8, 4) is 5.75 Å². The molecule has 1 aliphatic carbocycles. The van der Waals surface area contributed by atoms with Crippen molar-refractivity contribution in [2.45, 2.75) is 12.1 Å². The van der Waals surface area contributed by atoms with E-state index in [1.807, 2.05) is 24.3 Å². The molecule has 0 atom stereocenters. The minimum Gasteiger partial charge on any atom is -0.497 e. The van der Waals surface area contributed by atoms with Crippen molar-refractivity contribution >= 4 is 17.2 Å². The Labute approximate surface area is 189 Å². The molecule has 2 heterocycles. The van der Waals surface area contributed by atoms with Gasteiger partial charge in [-0.3, -0.25) is 9.69 Å². The van der Waals surface area contributed by atoms with Gasteiger partial charge in [0.05, 0.1) is 7.11 Å². The monoisotopic (exact) mass is 425 g/mol. The highest BCUT2D eigenvalue weighted by atomic mass is 16.5. The summed E-state index contributed by atoms with van der Waals surface area (Å²) in [5, 5.41) is 0. The lowest BCUT2D eigenvalue weighted by atomic mass is 9.83. The Kier molecular flexibility index (Phi) is 5.50. The molecule has 2 aliphatic heterocycles.